The summed E-state index contributed by atoms with van der Waals surface area (Å²) in [6, 6.07) is 19.2. The molecule has 1 aliphatic heterocycles. The molecule has 2 amide bonds. The summed E-state index contributed by atoms with van der Waals surface area (Å²) in [5, 5.41) is 13.1. The molecule has 0 saturated carbocycles. The van der Waals surface area contributed by atoms with Crippen molar-refractivity contribution in [1.29, 1.82) is 5.26 Å². The van der Waals surface area contributed by atoms with Gasteiger partial charge in [0.2, 0.25) is 11.8 Å². The van der Waals surface area contributed by atoms with E-state index in [4.69, 9.17) is 5.73 Å². The molecule has 9 nitrogen and oxygen atoms in total. The quantitative estimate of drug-likeness (QED) is 0.359. The van der Waals surface area contributed by atoms with E-state index in [-0.39, 0.29) is 24.3 Å². The van der Waals surface area contributed by atoms with E-state index in [9.17, 15) is 14.9 Å². The molecule has 0 bridgehead atoms. The van der Waals surface area contributed by atoms with E-state index < -0.39 is 6.04 Å². The summed E-state index contributed by atoms with van der Waals surface area (Å²) in [6.45, 7) is 9.48. The Labute approximate surface area is 240 Å². The van der Waals surface area contributed by atoms with Crippen molar-refractivity contribution in [1.82, 2.24) is 9.27 Å². The maximum absolute atomic E-state index is 13.2. The number of aromatic nitrogens is 1. The van der Waals surface area contributed by atoms with Crippen molar-refractivity contribution in [2.75, 3.05) is 54.4 Å². The van der Waals surface area contributed by atoms with Gasteiger partial charge in [0.15, 0.2) is 0 Å². The maximum atomic E-state index is 13.2. The van der Waals surface area contributed by atoms with Crippen LogP contribution in [0.3, 0.4) is 0 Å². The highest BCUT2D eigenvalue weighted by atomic mass is 32.1. The molecule has 4 rings (SSSR count). The summed E-state index contributed by atoms with van der Waals surface area (Å²) in [6.07, 6.45) is 0.549. The molecule has 10 heteroatoms. The number of hydrogen-bond acceptors (Lipinski definition) is 8. The number of rotatable bonds is 10. The van der Waals surface area contributed by atoms with Crippen molar-refractivity contribution in [3.63, 3.8) is 0 Å². The summed E-state index contributed by atoms with van der Waals surface area (Å²) in [5.74, 6) is 0.00661. The Kier molecular flexibility index (Phi) is 9.88. The van der Waals surface area contributed by atoms with E-state index in [1.807, 2.05) is 63.2 Å². The van der Waals surface area contributed by atoms with Crippen molar-refractivity contribution in [2.45, 2.75) is 33.2 Å². The Morgan fingerprint density at radius 3 is 2.40 bits per heavy atom. The second-order valence-electron chi connectivity index (χ2n) is 10.5. The number of nitrogens with one attached hydrogen (secondary N) is 1. The van der Waals surface area contributed by atoms with Crippen molar-refractivity contribution < 1.29 is 9.59 Å². The Morgan fingerprint density at radius 1 is 1.10 bits per heavy atom. The monoisotopic (exact) mass is 559 g/mol. The smallest absolute Gasteiger partial charge is 0.245 e. The van der Waals surface area contributed by atoms with Gasteiger partial charge in [-0.1, -0.05) is 44.2 Å². The van der Waals surface area contributed by atoms with Crippen LogP contribution in [-0.2, 0) is 9.59 Å². The topological polar surface area (TPSA) is 119 Å². The molecule has 1 fully saturated rings. The zero-order valence-electron chi connectivity index (χ0n) is 23.3. The van der Waals surface area contributed by atoms with E-state index in [1.54, 1.807) is 0 Å². The number of aryl methyl sites for hydroxylation is 1. The highest BCUT2D eigenvalue weighted by Crippen LogP contribution is 2.38. The van der Waals surface area contributed by atoms with Gasteiger partial charge >= 0.3 is 0 Å². The van der Waals surface area contributed by atoms with Gasteiger partial charge in [0.1, 0.15) is 11.5 Å². The maximum Gasteiger partial charge on any atom is 0.245 e. The lowest BCUT2D eigenvalue weighted by atomic mass is 10.0. The second kappa shape index (κ2) is 13.5. The van der Waals surface area contributed by atoms with Crippen LogP contribution in [-0.4, -0.2) is 66.4 Å². The SMILES string of the molecule is Cc1nsc(N(CC#N)C(=O)[C@@H](N)CC(C)C)c1-c1ccc(N2CCN(CC(=O)Nc3ccccc3)CC2)cc1. The minimum absolute atomic E-state index is 0.00589. The first kappa shape index (κ1) is 29.2. The van der Waals surface area contributed by atoms with Gasteiger partial charge in [0.05, 0.1) is 24.3 Å². The number of para-hydroxylation sites is 1. The van der Waals surface area contributed by atoms with Crippen molar-refractivity contribution in [3.05, 3.63) is 60.3 Å². The number of carbonyl (C=O) groups is 2. The van der Waals surface area contributed by atoms with Crippen LogP contribution in [0.25, 0.3) is 11.1 Å². The molecule has 40 heavy (non-hydrogen) atoms. The van der Waals surface area contributed by atoms with E-state index in [2.05, 4.69) is 37.7 Å². The molecule has 1 saturated heterocycles. The van der Waals surface area contributed by atoms with Crippen LogP contribution in [0.5, 0.6) is 0 Å². The number of nitrogens with zero attached hydrogens (tertiary/aromatic N) is 5. The minimum atomic E-state index is -0.672. The lowest BCUT2D eigenvalue weighted by molar-refractivity contribution is -0.120. The fourth-order valence-electron chi connectivity index (χ4n) is 4.93. The summed E-state index contributed by atoms with van der Waals surface area (Å²) < 4.78 is 4.52. The molecular formula is C30H37N7O2S. The minimum Gasteiger partial charge on any atom is -0.369 e. The standard InChI is InChI=1S/C30H37N7O2S/c1-21(2)19-26(32)29(39)37(14-13-31)30-28(22(3)34-40-30)23-9-11-25(12-10-23)36-17-15-35(16-18-36)20-27(38)33-24-7-5-4-6-8-24/h4-12,21,26H,14-20,32H2,1-3H3,(H,33,38)/t26-/m0/s1. The van der Waals surface area contributed by atoms with Gasteiger partial charge in [-0.3, -0.25) is 19.4 Å². The number of piperazine rings is 1. The largest absolute Gasteiger partial charge is 0.369 e. The predicted molar refractivity (Wildman–Crippen MR) is 161 cm³/mol. The number of carbonyl (C=O) groups excluding carboxylic acids is 2. The molecule has 3 N–H and O–H groups in total. The molecule has 1 aliphatic rings. The van der Waals surface area contributed by atoms with Gasteiger partial charge in [0, 0.05) is 43.1 Å². The van der Waals surface area contributed by atoms with Crippen molar-refractivity contribution >= 4 is 39.7 Å². The Morgan fingerprint density at radius 2 is 1.77 bits per heavy atom. The first-order valence-electron chi connectivity index (χ1n) is 13.6. The third kappa shape index (κ3) is 7.24. The molecular weight excluding hydrogens is 522 g/mol. The molecule has 1 atom stereocenters. The summed E-state index contributed by atoms with van der Waals surface area (Å²) in [7, 11) is 0. The highest BCUT2D eigenvalue weighted by molar-refractivity contribution is 7.11. The first-order chi connectivity index (χ1) is 19.3. The normalized spacial score (nSPS) is 14.6. The van der Waals surface area contributed by atoms with Crippen molar-refractivity contribution in [3.8, 4) is 17.2 Å². The number of benzene rings is 2. The lowest BCUT2D eigenvalue weighted by Gasteiger charge is -2.35. The predicted octanol–water partition coefficient (Wildman–Crippen LogP) is 4.11. The van der Waals surface area contributed by atoms with E-state index in [1.165, 1.54) is 16.4 Å². The molecule has 2 heterocycles. The van der Waals surface area contributed by atoms with E-state index in [0.717, 1.165) is 54.4 Å². The molecule has 210 valence electrons. The van der Waals surface area contributed by atoms with Gasteiger partial charge in [-0.2, -0.15) is 9.64 Å². The zero-order chi connectivity index (χ0) is 28.6. The fraction of sp³-hybridized carbons (Fsp3) is 0.400. The summed E-state index contributed by atoms with van der Waals surface area (Å²) >= 11 is 1.22. The Bertz CT molecular complexity index is 1330. The third-order valence-corrected chi connectivity index (χ3v) is 7.91. The first-order valence-corrected chi connectivity index (χ1v) is 14.4. The summed E-state index contributed by atoms with van der Waals surface area (Å²) in [5.41, 5.74) is 10.7. The van der Waals surface area contributed by atoms with Crippen LogP contribution >= 0.6 is 11.5 Å². The second-order valence-corrected chi connectivity index (χ2v) is 11.2. The van der Waals surface area contributed by atoms with Crippen LogP contribution in [0, 0.1) is 24.2 Å². The average molecular weight is 560 g/mol. The van der Waals surface area contributed by atoms with Gasteiger partial charge in [-0.15, -0.1) is 0 Å². The van der Waals surface area contributed by atoms with Crippen LogP contribution < -0.4 is 20.9 Å². The molecule has 2 aromatic carbocycles. The van der Waals surface area contributed by atoms with E-state index in [0.29, 0.717) is 18.0 Å². The average Bonchev–Trinajstić information content (AvgIpc) is 3.32. The van der Waals surface area contributed by atoms with Crippen LogP contribution in [0.1, 0.15) is 26.0 Å². The molecule has 0 unspecified atom stereocenters. The third-order valence-electron chi connectivity index (χ3n) is 6.95. The number of hydrogen-bond donors (Lipinski definition) is 2. The molecule has 0 radical (unpaired) electrons. The lowest BCUT2D eigenvalue weighted by Crippen LogP contribution is -2.48. The molecule has 3 aromatic rings. The number of anilines is 3. The molecule has 1 aromatic heterocycles. The Balaban J connectivity index is 1.41. The molecule has 0 aliphatic carbocycles. The number of nitrogens with two attached hydrogens (primary N) is 1. The van der Waals surface area contributed by atoms with E-state index >= 15 is 0 Å². The van der Waals surface area contributed by atoms with Crippen molar-refractivity contribution in [2.24, 2.45) is 11.7 Å². The van der Waals surface area contributed by atoms with Crippen LogP contribution in [0.2, 0.25) is 0 Å². The van der Waals surface area contributed by atoms with Gasteiger partial charge in [-0.25, -0.2) is 0 Å². The van der Waals surface area contributed by atoms with Crippen LogP contribution in [0.4, 0.5) is 16.4 Å². The zero-order valence-corrected chi connectivity index (χ0v) is 24.2. The van der Waals surface area contributed by atoms with Crippen LogP contribution in [0.15, 0.2) is 54.6 Å². The summed E-state index contributed by atoms with van der Waals surface area (Å²) in [4.78, 5) is 31.6. The van der Waals surface area contributed by atoms with Gasteiger partial charge in [-0.05, 0) is 60.6 Å². The fourth-order valence-corrected chi connectivity index (χ4v) is 5.86. The Hall–Kier alpha value is -3.78. The highest BCUT2D eigenvalue weighted by Gasteiger charge is 2.28. The number of nitriles is 1. The van der Waals surface area contributed by atoms with Gasteiger partial charge < -0.3 is 16.0 Å². The molecule has 0 spiro atoms. The van der Waals surface area contributed by atoms with Gasteiger partial charge in [0.25, 0.3) is 0 Å². The number of amides is 2.